The van der Waals surface area contributed by atoms with Gasteiger partial charge in [-0.25, -0.2) is 4.39 Å². The van der Waals surface area contributed by atoms with Gasteiger partial charge in [0.2, 0.25) is 5.88 Å². The maximum atomic E-state index is 14.6. The summed E-state index contributed by atoms with van der Waals surface area (Å²) in [5.74, 6) is -1.40. The molecule has 0 spiro atoms. The van der Waals surface area contributed by atoms with E-state index in [0.717, 1.165) is 31.2 Å². The highest BCUT2D eigenvalue weighted by Gasteiger charge is 2.24. The van der Waals surface area contributed by atoms with Crippen LogP contribution in [0.2, 0.25) is 0 Å². The maximum Gasteiger partial charge on any atom is 0.305 e. The molecule has 184 valence electrons. The number of aryl methyl sites for hydroxylation is 1. The van der Waals surface area contributed by atoms with Crippen LogP contribution in [0.1, 0.15) is 66.2 Å². The van der Waals surface area contributed by atoms with Crippen molar-refractivity contribution >= 4 is 11.9 Å². The Hall–Kier alpha value is -3.68. The summed E-state index contributed by atoms with van der Waals surface area (Å²) in [5.41, 5.74) is 1.78. The lowest BCUT2D eigenvalue weighted by Crippen LogP contribution is -2.31. The van der Waals surface area contributed by atoms with Gasteiger partial charge in [0.15, 0.2) is 5.69 Å². The van der Waals surface area contributed by atoms with Crippen molar-refractivity contribution in [3.8, 4) is 11.6 Å². The molecule has 0 bridgehead atoms. The van der Waals surface area contributed by atoms with Crippen LogP contribution >= 0.6 is 0 Å². The van der Waals surface area contributed by atoms with Gasteiger partial charge in [0.05, 0.1) is 19.1 Å². The maximum absolute atomic E-state index is 14.6. The Balaban J connectivity index is 1.61. The Morgan fingerprint density at radius 1 is 1.14 bits per heavy atom. The number of hydrogen-bond acceptors (Lipinski definition) is 4. The molecule has 0 aliphatic heterocycles. The first-order chi connectivity index (χ1) is 16.9. The van der Waals surface area contributed by atoms with Crippen molar-refractivity contribution in [3.05, 3.63) is 77.2 Å². The molecule has 1 aromatic heterocycles. The highest BCUT2D eigenvalue weighted by molar-refractivity contribution is 5.93. The molecule has 1 aliphatic rings. The molecule has 0 unspecified atom stereocenters. The van der Waals surface area contributed by atoms with Crippen molar-refractivity contribution in [3.63, 3.8) is 0 Å². The van der Waals surface area contributed by atoms with Crippen molar-refractivity contribution in [1.82, 2.24) is 15.1 Å². The number of para-hydroxylation sites is 1. The number of carbonyl (C=O) groups excluding carboxylic acids is 1. The van der Waals surface area contributed by atoms with Gasteiger partial charge >= 0.3 is 5.97 Å². The zero-order valence-corrected chi connectivity index (χ0v) is 19.7. The van der Waals surface area contributed by atoms with Crippen LogP contribution in [0.25, 0.3) is 5.69 Å². The summed E-state index contributed by atoms with van der Waals surface area (Å²) in [6.45, 7) is 2.33. The standard InChI is InChI=1S/C27H30FN3O4/c1-18-9-5-6-12-20(18)22(16-26(32)33)29-27(34)23-15-25(35-17-19-10-3-2-4-11-19)31(30-23)24-14-8-7-13-21(24)28/h5-9,12-15,19,22H,2-4,10-11,16-17H2,1H3,(H,29,34)(H,32,33)/t22-/m0/s1. The first-order valence-corrected chi connectivity index (χ1v) is 12.0. The number of carboxylic acids is 1. The number of halogens is 1. The van der Waals surface area contributed by atoms with Gasteiger partial charge in [0.1, 0.15) is 11.5 Å². The van der Waals surface area contributed by atoms with E-state index in [-0.39, 0.29) is 23.7 Å². The van der Waals surface area contributed by atoms with Crippen molar-refractivity contribution in [2.24, 2.45) is 5.92 Å². The molecule has 7 nitrogen and oxygen atoms in total. The minimum atomic E-state index is -1.04. The Bertz CT molecular complexity index is 1190. The van der Waals surface area contributed by atoms with Crippen LogP contribution in [0, 0.1) is 18.7 Å². The Morgan fingerprint density at radius 2 is 1.86 bits per heavy atom. The SMILES string of the molecule is Cc1ccccc1[C@H](CC(=O)O)NC(=O)c1cc(OCC2CCCCC2)n(-c2ccccc2F)n1. The number of benzene rings is 2. The first kappa shape index (κ1) is 24.4. The second kappa shape index (κ2) is 11.2. The predicted molar refractivity (Wildman–Crippen MR) is 129 cm³/mol. The van der Waals surface area contributed by atoms with Crippen LogP contribution in [-0.2, 0) is 4.79 Å². The number of ether oxygens (including phenoxy) is 1. The smallest absolute Gasteiger partial charge is 0.305 e. The molecule has 1 amide bonds. The van der Waals surface area contributed by atoms with Gasteiger partial charge in [-0.1, -0.05) is 55.7 Å². The van der Waals surface area contributed by atoms with Crippen LogP contribution in [0.4, 0.5) is 4.39 Å². The van der Waals surface area contributed by atoms with Crippen molar-refractivity contribution in [2.75, 3.05) is 6.61 Å². The Morgan fingerprint density at radius 3 is 2.57 bits per heavy atom. The summed E-state index contributed by atoms with van der Waals surface area (Å²) in [5, 5.41) is 16.5. The van der Waals surface area contributed by atoms with Gasteiger partial charge in [-0.15, -0.1) is 0 Å². The minimum Gasteiger partial charge on any atom is -0.481 e. The summed E-state index contributed by atoms with van der Waals surface area (Å²) >= 11 is 0. The normalized spacial score (nSPS) is 14.9. The zero-order valence-electron chi connectivity index (χ0n) is 19.7. The van der Waals surface area contributed by atoms with E-state index in [9.17, 15) is 19.1 Å². The predicted octanol–water partition coefficient (Wildman–Crippen LogP) is 5.22. The number of carbonyl (C=O) groups is 2. The molecule has 1 aliphatic carbocycles. The number of hydrogen-bond donors (Lipinski definition) is 2. The second-order valence-electron chi connectivity index (χ2n) is 9.03. The molecule has 2 N–H and O–H groups in total. The average Bonchev–Trinajstić information content (AvgIpc) is 3.27. The number of nitrogens with zero attached hydrogens (tertiary/aromatic N) is 2. The van der Waals surface area contributed by atoms with Crippen LogP contribution in [-0.4, -0.2) is 33.4 Å². The van der Waals surface area contributed by atoms with Crippen molar-refractivity contribution in [1.29, 1.82) is 0 Å². The van der Waals surface area contributed by atoms with Crippen molar-refractivity contribution < 1.29 is 23.8 Å². The Labute approximate surface area is 203 Å². The van der Waals surface area contributed by atoms with E-state index in [1.165, 1.54) is 23.2 Å². The molecule has 0 radical (unpaired) electrons. The molecule has 1 saturated carbocycles. The zero-order chi connectivity index (χ0) is 24.8. The molecule has 1 atom stereocenters. The van der Waals surface area contributed by atoms with Crippen LogP contribution in [0.5, 0.6) is 5.88 Å². The summed E-state index contributed by atoms with van der Waals surface area (Å²) in [6.07, 6.45) is 5.43. The summed E-state index contributed by atoms with van der Waals surface area (Å²) in [7, 11) is 0. The first-order valence-electron chi connectivity index (χ1n) is 12.0. The number of aliphatic carboxylic acids is 1. The lowest BCUT2D eigenvalue weighted by atomic mass is 9.90. The summed E-state index contributed by atoms with van der Waals surface area (Å²) in [4.78, 5) is 24.7. The molecule has 1 heterocycles. The molecule has 3 aromatic rings. The third kappa shape index (κ3) is 6.07. The molecule has 0 saturated heterocycles. The van der Waals surface area contributed by atoms with Crippen LogP contribution < -0.4 is 10.1 Å². The third-order valence-electron chi connectivity index (χ3n) is 6.43. The topological polar surface area (TPSA) is 93.5 Å². The Kier molecular flexibility index (Phi) is 7.80. The highest BCUT2D eigenvalue weighted by atomic mass is 19.1. The third-order valence-corrected chi connectivity index (χ3v) is 6.43. The molecule has 4 rings (SSSR count). The number of aromatic nitrogens is 2. The molecule has 2 aromatic carbocycles. The molecular formula is C27H30FN3O4. The fourth-order valence-corrected chi connectivity index (χ4v) is 4.55. The molecular weight excluding hydrogens is 449 g/mol. The van der Waals surface area contributed by atoms with Gasteiger partial charge in [-0.05, 0) is 48.9 Å². The fraction of sp³-hybridized carbons (Fsp3) is 0.370. The number of nitrogens with one attached hydrogen (secondary N) is 1. The lowest BCUT2D eigenvalue weighted by Gasteiger charge is -2.21. The number of rotatable bonds is 9. The molecule has 35 heavy (non-hydrogen) atoms. The van der Waals surface area contributed by atoms with Gasteiger partial charge in [-0.2, -0.15) is 9.78 Å². The van der Waals surface area contributed by atoms with E-state index in [1.807, 2.05) is 19.1 Å². The van der Waals surface area contributed by atoms with Gasteiger partial charge in [-0.3, -0.25) is 9.59 Å². The van der Waals surface area contributed by atoms with Crippen LogP contribution in [0.15, 0.2) is 54.6 Å². The van der Waals surface area contributed by atoms with Gasteiger partial charge < -0.3 is 15.2 Å². The van der Waals surface area contributed by atoms with Gasteiger partial charge in [0, 0.05) is 6.07 Å². The summed E-state index contributed by atoms with van der Waals surface area (Å²) in [6, 6.07) is 14.2. The van der Waals surface area contributed by atoms with E-state index in [4.69, 9.17) is 4.74 Å². The number of amides is 1. The quantitative estimate of drug-likeness (QED) is 0.439. The van der Waals surface area contributed by atoms with E-state index in [2.05, 4.69) is 10.4 Å². The second-order valence-corrected chi connectivity index (χ2v) is 9.03. The largest absolute Gasteiger partial charge is 0.481 e. The number of carboxylic acid groups (broad SMARTS) is 1. The monoisotopic (exact) mass is 479 g/mol. The van der Waals surface area contributed by atoms with E-state index in [1.54, 1.807) is 30.3 Å². The summed E-state index contributed by atoms with van der Waals surface area (Å²) < 4.78 is 21.9. The van der Waals surface area contributed by atoms with E-state index < -0.39 is 23.7 Å². The van der Waals surface area contributed by atoms with Crippen LogP contribution in [0.3, 0.4) is 0 Å². The van der Waals surface area contributed by atoms with Crippen molar-refractivity contribution in [2.45, 2.75) is 51.5 Å². The highest BCUT2D eigenvalue weighted by Crippen LogP contribution is 2.27. The average molecular weight is 480 g/mol. The molecule has 8 heteroatoms. The van der Waals surface area contributed by atoms with E-state index in [0.29, 0.717) is 18.1 Å². The van der Waals surface area contributed by atoms with E-state index >= 15 is 0 Å². The lowest BCUT2D eigenvalue weighted by molar-refractivity contribution is -0.137. The minimum absolute atomic E-state index is 0.0240. The molecule has 1 fully saturated rings. The van der Waals surface area contributed by atoms with Gasteiger partial charge in [0.25, 0.3) is 5.91 Å². The fourth-order valence-electron chi connectivity index (χ4n) is 4.55.